The Bertz CT molecular complexity index is 99.5. The summed E-state index contributed by atoms with van der Waals surface area (Å²) in [4.78, 5) is 0. The van der Waals surface area contributed by atoms with Crippen LogP contribution >= 0.6 is 24.8 Å². The Balaban J connectivity index is -0.0000000506. The number of unbranched alkanes of at least 4 members (excludes halogenated alkanes) is 2. The minimum absolute atomic E-state index is 0. The van der Waals surface area contributed by atoms with Gasteiger partial charge in [0, 0.05) is 0 Å². The molecule has 0 aliphatic heterocycles. The maximum absolute atomic E-state index is 2.99. The predicted octanol–water partition coefficient (Wildman–Crippen LogP) is 4.16. The minimum Gasteiger partial charge on any atom is -0.332 e. The molecule has 0 N–H and O–H groups in total. The Hall–Kier alpha value is 0.774. The Morgan fingerprint density at radius 3 is 2.08 bits per heavy atom. The molecule has 1 rings (SSSR count). The second-order valence-electron chi connectivity index (χ2n) is 2.20. The average Bonchev–Trinajstić information content (AvgIpc) is 2.44. The van der Waals surface area contributed by atoms with Gasteiger partial charge >= 0.3 is 21.7 Å². The zero-order chi connectivity index (χ0) is 7.66. The second-order valence-corrected chi connectivity index (χ2v) is 2.20. The first-order valence-corrected chi connectivity index (χ1v) is 3.91. The van der Waals surface area contributed by atoms with E-state index >= 15 is 0 Å². The van der Waals surface area contributed by atoms with Crippen LogP contribution in [0.4, 0.5) is 0 Å². The van der Waals surface area contributed by atoms with E-state index in [1.54, 1.807) is 0 Å². The van der Waals surface area contributed by atoms with E-state index in [0.717, 1.165) is 6.42 Å². The molecule has 13 heavy (non-hydrogen) atoms. The molecule has 76 valence electrons. The molecule has 0 bridgehead atoms. The van der Waals surface area contributed by atoms with E-state index in [9.17, 15) is 0 Å². The van der Waals surface area contributed by atoms with Crippen LogP contribution in [-0.2, 0) is 21.7 Å². The normalized spacial score (nSPS) is 10.0. The first kappa shape index (κ1) is 23.5. The molecule has 0 spiro atoms. The summed E-state index contributed by atoms with van der Waals surface area (Å²) in [5.74, 6) is 0. The number of hydrogen-bond acceptors (Lipinski definition) is 0. The monoisotopic (exact) mass is 256 g/mol. The topological polar surface area (TPSA) is 0 Å². The minimum atomic E-state index is 0. The molecule has 0 amide bonds. The summed E-state index contributed by atoms with van der Waals surface area (Å²) in [6.45, 7) is 4.27. The number of hydrogen-bond donors (Lipinski definition) is 0. The smallest absolute Gasteiger partial charge is 0.332 e. The van der Waals surface area contributed by atoms with Crippen molar-refractivity contribution < 1.29 is 21.7 Å². The zero-order valence-corrected chi connectivity index (χ0v) is 11.4. The molecule has 0 aromatic carbocycles. The molecule has 0 aromatic rings. The third kappa shape index (κ3) is 24.5. The Morgan fingerprint density at radius 2 is 2.00 bits per heavy atom. The standard InChI is InChI=1S/C5H5.C5H11.2ClH.Ti/c1-2-4-5-3-1;1-3-5-4-2;;;/h1-3H,4H2;3H,4-5H2,1-2H3;2*1H;/q2*-1;;;+2. The van der Waals surface area contributed by atoms with Gasteiger partial charge in [-0.05, 0) is 0 Å². The average molecular weight is 257 g/mol. The van der Waals surface area contributed by atoms with Crippen molar-refractivity contribution in [2.45, 2.75) is 33.1 Å². The molecule has 0 heterocycles. The van der Waals surface area contributed by atoms with Crippen LogP contribution in [0.1, 0.15) is 33.1 Å². The van der Waals surface area contributed by atoms with Crippen LogP contribution in [0.25, 0.3) is 0 Å². The summed E-state index contributed by atoms with van der Waals surface area (Å²) in [5, 5.41) is 0. The van der Waals surface area contributed by atoms with Crippen molar-refractivity contribution in [3.8, 4) is 0 Å². The van der Waals surface area contributed by atoms with Crippen LogP contribution in [0.2, 0.25) is 0 Å². The zero-order valence-electron chi connectivity index (χ0n) is 8.25. The fraction of sp³-hybridized carbons (Fsp3) is 0.500. The molecule has 0 atom stereocenters. The van der Waals surface area contributed by atoms with Crippen molar-refractivity contribution in [2.75, 3.05) is 0 Å². The van der Waals surface area contributed by atoms with Gasteiger partial charge in [0.1, 0.15) is 0 Å². The van der Waals surface area contributed by atoms with Gasteiger partial charge in [-0.25, -0.2) is 12.2 Å². The van der Waals surface area contributed by atoms with Gasteiger partial charge in [0.15, 0.2) is 0 Å². The van der Waals surface area contributed by atoms with E-state index in [1.807, 2.05) is 12.2 Å². The van der Waals surface area contributed by atoms with Crippen LogP contribution < -0.4 is 0 Å². The van der Waals surface area contributed by atoms with E-state index in [0.29, 0.717) is 0 Å². The SMILES string of the molecule is C[CH-]CCC.Cl.Cl.[C-]1=CC=CC1.[Ti+2]. The van der Waals surface area contributed by atoms with Gasteiger partial charge in [-0.2, -0.15) is 19.4 Å². The van der Waals surface area contributed by atoms with Crippen LogP contribution in [0, 0.1) is 12.5 Å². The van der Waals surface area contributed by atoms with E-state index in [-0.39, 0.29) is 46.5 Å². The fourth-order valence-electron chi connectivity index (χ4n) is 0.629. The van der Waals surface area contributed by atoms with E-state index in [1.165, 1.54) is 12.8 Å². The molecule has 3 heteroatoms. The van der Waals surface area contributed by atoms with Gasteiger partial charge in [0.25, 0.3) is 0 Å². The second kappa shape index (κ2) is 23.0. The molecule has 0 fully saturated rings. The molecule has 0 saturated carbocycles. The first-order chi connectivity index (χ1) is 4.91. The Morgan fingerprint density at radius 1 is 1.38 bits per heavy atom. The predicted molar refractivity (Wildman–Crippen MR) is 60.9 cm³/mol. The van der Waals surface area contributed by atoms with Gasteiger partial charge in [0.05, 0.1) is 0 Å². The number of halogens is 2. The van der Waals surface area contributed by atoms with Crippen molar-refractivity contribution >= 4 is 24.8 Å². The quantitative estimate of drug-likeness (QED) is 0.514. The summed E-state index contributed by atoms with van der Waals surface area (Å²) < 4.78 is 0. The first-order valence-electron chi connectivity index (χ1n) is 3.91. The molecule has 0 nitrogen and oxygen atoms in total. The van der Waals surface area contributed by atoms with Crippen LogP contribution in [0.15, 0.2) is 18.2 Å². The number of allylic oxidation sites excluding steroid dienone is 4. The van der Waals surface area contributed by atoms with Crippen LogP contribution in [0.3, 0.4) is 0 Å². The molecular formula is C10H18Cl2Ti. The van der Waals surface area contributed by atoms with Gasteiger partial charge in [-0.15, -0.1) is 31.2 Å². The van der Waals surface area contributed by atoms with Crippen LogP contribution in [-0.4, -0.2) is 0 Å². The summed E-state index contributed by atoms with van der Waals surface area (Å²) >= 11 is 0. The van der Waals surface area contributed by atoms with E-state index in [4.69, 9.17) is 0 Å². The molecule has 0 radical (unpaired) electrons. The van der Waals surface area contributed by atoms with Gasteiger partial charge in [-0.1, -0.05) is 13.3 Å². The van der Waals surface area contributed by atoms with E-state index < -0.39 is 0 Å². The summed E-state index contributed by atoms with van der Waals surface area (Å²) in [7, 11) is 0. The third-order valence-corrected chi connectivity index (χ3v) is 1.16. The van der Waals surface area contributed by atoms with E-state index in [2.05, 4.69) is 32.4 Å². The third-order valence-electron chi connectivity index (χ3n) is 1.16. The van der Waals surface area contributed by atoms with Gasteiger partial charge in [0.2, 0.25) is 0 Å². The molecule has 1 aliphatic rings. The van der Waals surface area contributed by atoms with Crippen molar-refractivity contribution in [3.05, 3.63) is 30.7 Å². The summed E-state index contributed by atoms with van der Waals surface area (Å²) in [5.41, 5.74) is 0. The molecule has 0 unspecified atom stereocenters. The maximum Gasteiger partial charge on any atom is 2.00 e. The fourth-order valence-corrected chi connectivity index (χ4v) is 0.629. The Kier molecular flexibility index (Phi) is 41.6. The van der Waals surface area contributed by atoms with Gasteiger partial charge in [-0.3, -0.25) is 6.08 Å². The van der Waals surface area contributed by atoms with Crippen molar-refractivity contribution in [1.82, 2.24) is 0 Å². The molecular weight excluding hydrogens is 239 g/mol. The maximum atomic E-state index is 2.99. The van der Waals surface area contributed by atoms with Gasteiger partial charge < -0.3 is 6.42 Å². The largest absolute Gasteiger partial charge is 2.00 e. The summed E-state index contributed by atoms with van der Waals surface area (Å²) in [6, 6.07) is 0. The molecule has 0 saturated heterocycles. The Labute approximate surface area is 110 Å². The molecule has 1 aliphatic carbocycles. The number of rotatable bonds is 2. The van der Waals surface area contributed by atoms with Crippen molar-refractivity contribution in [3.63, 3.8) is 0 Å². The van der Waals surface area contributed by atoms with Crippen LogP contribution in [0.5, 0.6) is 0 Å². The summed E-state index contributed by atoms with van der Waals surface area (Å²) in [6.07, 6.45) is 14.7. The van der Waals surface area contributed by atoms with Crippen molar-refractivity contribution in [1.29, 1.82) is 0 Å². The molecule has 0 aromatic heterocycles. The van der Waals surface area contributed by atoms with Crippen molar-refractivity contribution in [2.24, 2.45) is 0 Å².